The molecule has 1 unspecified atom stereocenters. The van der Waals surface area contributed by atoms with E-state index in [1.165, 1.54) is 30.2 Å². The summed E-state index contributed by atoms with van der Waals surface area (Å²) in [6.07, 6.45) is 0. The van der Waals surface area contributed by atoms with Gasteiger partial charge in [-0.3, -0.25) is 14.5 Å². The number of aliphatic hydroxyl groups is 1. The van der Waals surface area contributed by atoms with E-state index in [1.54, 1.807) is 48.5 Å². The van der Waals surface area contributed by atoms with Crippen molar-refractivity contribution < 1.29 is 28.6 Å². The van der Waals surface area contributed by atoms with E-state index in [9.17, 15) is 19.1 Å². The predicted octanol–water partition coefficient (Wildman–Crippen LogP) is 5.17. The van der Waals surface area contributed by atoms with Crippen molar-refractivity contribution in [3.05, 3.63) is 94.8 Å². The molecule has 1 amide bonds. The average Bonchev–Trinajstić information content (AvgIpc) is 3.10. The van der Waals surface area contributed by atoms with Crippen molar-refractivity contribution in [2.45, 2.75) is 19.9 Å². The number of nitrogens with zero attached hydrogens (tertiary/aromatic N) is 1. The molecule has 0 spiro atoms. The van der Waals surface area contributed by atoms with Gasteiger partial charge in [-0.05, 0) is 73.5 Å². The lowest BCUT2D eigenvalue weighted by Crippen LogP contribution is -2.29. The maximum Gasteiger partial charge on any atom is 0.300 e. The predicted molar refractivity (Wildman–Crippen MR) is 127 cm³/mol. The van der Waals surface area contributed by atoms with Crippen molar-refractivity contribution in [2.24, 2.45) is 0 Å². The van der Waals surface area contributed by atoms with Gasteiger partial charge < -0.3 is 14.6 Å². The Hall–Kier alpha value is -4.13. The maximum absolute atomic E-state index is 14.0. The molecule has 1 heterocycles. The molecular formula is C27H24FNO5. The summed E-state index contributed by atoms with van der Waals surface area (Å²) in [5.74, 6) is -1.42. The van der Waals surface area contributed by atoms with Crippen LogP contribution in [0.25, 0.3) is 5.76 Å². The van der Waals surface area contributed by atoms with Gasteiger partial charge in [0.2, 0.25) is 0 Å². The Balaban J connectivity index is 1.93. The second-order valence-corrected chi connectivity index (χ2v) is 7.84. The molecule has 1 atom stereocenters. The van der Waals surface area contributed by atoms with E-state index in [0.29, 0.717) is 29.2 Å². The van der Waals surface area contributed by atoms with Crippen LogP contribution in [0.4, 0.5) is 10.1 Å². The van der Waals surface area contributed by atoms with Crippen LogP contribution in [0.1, 0.15) is 29.7 Å². The number of anilines is 1. The number of hydrogen-bond donors (Lipinski definition) is 1. The number of methoxy groups -OCH3 is 1. The summed E-state index contributed by atoms with van der Waals surface area (Å²) in [6, 6.07) is 16.3. The molecule has 1 aliphatic heterocycles. The fraction of sp³-hybridized carbons (Fsp3) is 0.185. The van der Waals surface area contributed by atoms with Crippen LogP contribution in [-0.4, -0.2) is 30.5 Å². The van der Waals surface area contributed by atoms with Crippen LogP contribution in [-0.2, 0) is 9.59 Å². The van der Waals surface area contributed by atoms with Crippen LogP contribution in [0.2, 0.25) is 0 Å². The topological polar surface area (TPSA) is 76.1 Å². The number of aryl methyl sites for hydroxylation is 1. The van der Waals surface area contributed by atoms with E-state index < -0.39 is 23.5 Å². The second kappa shape index (κ2) is 9.39. The molecule has 0 radical (unpaired) electrons. The summed E-state index contributed by atoms with van der Waals surface area (Å²) in [5.41, 5.74) is 1.78. The first kappa shape index (κ1) is 23.0. The first-order valence-electron chi connectivity index (χ1n) is 10.8. The number of rotatable bonds is 6. The second-order valence-electron chi connectivity index (χ2n) is 7.84. The molecule has 0 aliphatic carbocycles. The molecule has 7 heteroatoms. The van der Waals surface area contributed by atoms with Crippen molar-refractivity contribution >= 4 is 23.1 Å². The number of aliphatic hydroxyl groups excluding tert-OH is 1. The fourth-order valence-electron chi connectivity index (χ4n) is 4.12. The highest BCUT2D eigenvalue weighted by Gasteiger charge is 2.47. The van der Waals surface area contributed by atoms with Gasteiger partial charge >= 0.3 is 0 Å². The lowest BCUT2D eigenvalue weighted by molar-refractivity contribution is -0.132. The van der Waals surface area contributed by atoms with E-state index in [1.807, 2.05) is 13.8 Å². The molecule has 4 rings (SSSR count). The number of carbonyl (C=O) groups excluding carboxylic acids is 2. The van der Waals surface area contributed by atoms with Gasteiger partial charge in [-0.1, -0.05) is 18.2 Å². The molecule has 1 aliphatic rings. The first-order chi connectivity index (χ1) is 16.3. The zero-order chi connectivity index (χ0) is 24.4. The number of ether oxygens (including phenoxy) is 2. The summed E-state index contributed by atoms with van der Waals surface area (Å²) in [6.45, 7) is 4.18. The molecule has 1 N–H and O–H groups in total. The quantitative estimate of drug-likeness (QED) is 0.312. The average molecular weight is 461 g/mol. The standard InChI is InChI=1S/C27H24FNO5/c1-4-34-22-12-11-18(13-16(22)2)25(30)23-24(17-7-5-10-21(14-17)33-3)29(27(32)26(23)31)20-9-6-8-19(28)15-20/h5-15,24,30H,4H2,1-3H3/b25-23+. The summed E-state index contributed by atoms with van der Waals surface area (Å²) in [4.78, 5) is 27.6. The molecule has 1 saturated heterocycles. The Kier molecular flexibility index (Phi) is 6.36. The molecule has 3 aromatic rings. The van der Waals surface area contributed by atoms with Crippen molar-refractivity contribution in [1.29, 1.82) is 0 Å². The number of carbonyl (C=O) groups is 2. The normalized spacial score (nSPS) is 17.2. The Labute approximate surface area is 196 Å². The molecule has 0 bridgehead atoms. The van der Waals surface area contributed by atoms with Gasteiger partial charge in [0.15, 0.2) is 0 Å². The van der Waals surface area contributed by atoms with Gasteiger partial charge in [0.05, 0.1) is 25.3 Å². The molecule has 174 valence electrons. The first-order valence-corrected chi connectivity index (χ1v) is 10.8. The van der Waals surface area contributed by atoms with E-state index in [4.69, 9.17) is 9.47 Å². The number of Topliss-reactive ketones (excluding diaryl/α,β-unsaturated/α-hetero) is 1. The summed E-state index contributed by atoms with van der Waals surface area (Å²) in [5, 5.41) is 11.3. The third-order valence-electron chi connectivity index (χ3n) is 5.69. The summed E-state index contributed by atoms with van der Waals surface area (Å²) >= 11 is 0. The molecular weight excluding hydrogens is 437 g/mol. The lowest BCUT2D eigenvalue weighted by atomic mass is 9.94. The third kappa shape index (κ3) is 4.12. The number of amides is 1. The Morgan fingerprint density at radius 1 is 1.06 bits per heavy atom. The lowest BCUT2D eigenvalue weighted by Gasteiger charge is -2.25. The number of halogens is 1. The van der Waals surface area contributed by atoms with Crippen LogP contribution in [0.15, 0.2) is 72.3 Å². The smallest absolute Gasteiger partial charge is 0.300 e. The highest BCUT2D eigenvalue weighted by atomic mass is 19.1. The van der Waals surface area contributed by atoms with Crippen molar-refractivity contribution in [3.8, 4) is 11.5 Å². The van der Waals surface area contributed by atoms with Crippen LogP contribution in [0, 0.1) is 12.7 Å². The maximum atomic E-state index is 14.0. The van der Waals surface area contributed by atoms with Gasteiger partial charge in [0.25, 0.3) is 11.7 Å². The Morgan fingerprint density at radius 3 is 2.50 bits per heavy atom. The van der Waals surface area contributed by atoms with Crippen molar-refractivity contribution in [3.63, 3.8) is 0 Å². The van der Waals surface area contributed by atoms with Crippen LogP contribution in [0.5, 0.6) is 11.5 Å². The van der Waals surface area contributed by atoms with E-state index in [-0.39, 0.29) is 17.0 Å². The van der Waals surface area contributed by atoms with Crippen LogP contribution in [0.3, 0.4) is 0 Å². The van der Waals surface area contributed by atoms with Crippen LogP contribution >= 0.6 is 0 Å². The highest BCUT2D eigenvalue weighted by molar-refractivity contribution is 6.51. The van der Waals surface area contributed by atoms with Gasteiger partial charge in [-0.25, -0.2) is 4.39 Å². The monoisotopic (exact) mass is 461 g/mol. The zero-order valence-electron chi connectivity index (χ0n) is 19.0. The number of benzene rings is 3. The van der Waals surface area contributed by atoms with Gasteiger partial charge in [0.1, 0.15) is 23.1 Å². The van der Waals surface area contributed by atoms with Crippen molar-refractivity contribution in [1.82, 2.24) is 0 Å². The third-order valence-corrected chi connectivity index (χ3v) is 5.69. The van der Waals surface area contributed by atoms with Crippen molar-refractivity contribution in [2.75, 3.05) is 18.6 Å². The molecule has 1 fully saturated rings. The molecule has 3 aromatic carbocycles. The minimum Gasteiger partial charge on any atom is -0.507 e. The van der Waals surface area contributed by atoms with E-state index in [0.717, 1.165) is 5.56 Å². The molecule has 0 saturated carbocycles. The summed E-state index contributed by atoms with van der Waals surface area (Å²) < 4.78 is 24.9. The van der Waals surface area contributed by atoms with Gasteiger partial charge in [0, 0.05) is 11.3 Å². The SMILES string of the molecule is CCOc1ccc(/C(O)=C2\C(=O)C(=O)N(c3cccc(F)c3)C2c2cccc(OC)c2)cc1C. The number of ketones is 1. The Bertz CT molecular complexity index is 1300. The molecule has 34 heavy (non-hydrogen) atoms. The Morgan fingerprint density at radius 2 is 1.82 bits per heavy atom. The molecule has 6 nitrogen and oxygen atoms in total. The van der Waals surface area contributed by atoms with Crippen LogP contribution < -0.4 is 14.4 Å². The van der Waals surface area contributed by atoms with Gasteiger partial charge in [-0.15, -0.1) is 0 Å². The zero-order valence-corrected chi connectivity index (χ0v) is 19.0. The summed E-state index contributed by atoms with van der Waals surface area (Å²) in [7, 11) is 1.51. The largest absolute Gasteiger partial charge is 0.507 e. The highest BCUT2D eigenvalue weighted by Crippen LogP contribution is 2.43. The minimum absolute atomic E-state index is 0.0916. The fourth-order valence-corrected chi connectivity index (χ4v) is 4.12. The molecule has 0 aromatic heterocycles. The van der Waals surface area contributed by atoms with E-state index in [2.05, 4.69) is 0 Å². The van der Waals surface area contributed by atoms with Gasteiger partial charge in [-0.2, -0.15) is 0 Å². The van der Waals surface area contributed by atoms with E-state index >= 15 is 0 Å². The number of hydrogen-bond acceptors (Lipinski definition) is 5. The minimum atomic E-state index is -0.983.